The Kier molecular flexibility index (Phi) is 0.884. The molecule has 1 saturated heterocycles. The number of hydrogen-bond donors (Lipinski definition) is 0. The summed E-state index contributed by atoms with van der Waals surface area (Å²) in [5.41, 5.74) is 0. The third-order valence-corrected chi connectivity index (χ3v) is 2.50. The molecule has 1 nitrogen and oxygen atoms in total. The molecule has 0 amide bonds. The molecule has 2 atom stereocenters. The van der Waals surface area contributed by atoms with E-state index in [4.69, 9.17) is 0 Å². The summed E-state index contributed by atoms with van der Waals surface area (Å²) in [6, 6.07) is 0. The lowest BCUT2D eigenvalue weighted by atomic mass is 10.1. The van der Waals surface area contributed by atoms with Gasteiger partial charge < -0.3 is 4.90 Å². The highest BCUT2D eigenvalue weighted by Crippen LogP contribution is 2.44. The van der Waals surface area contributed by atoms with E-state index in [1.165, 1.54) is 25.9 Å². The first-order valence-corrected chi connectivity index (χ1v) is 3.55. The van der Waals surface area contributed by atoms with Crippen LogP contribution in [-0.2, 0) is 0 Å². The predicted octanol–water partition coefficient (Wildman–Crippen LogP) is 0.958. The zero-order chi connectivity index (χ0) is 5.56. The minimum Gasteiger partial charge on any atom is -0.306 e. The molecule has 8 heavy (non-hydrogen) atoms. The van der Waals surface area contributed by atoms with Crippen LogP contribution in [0.5, 0.6) is 0 Å². The molecule has 0 spiro atoms. The summed E-state index contributed by atoms with van der Waals surface area (Å²) in [6.45, 7) is 2.73. The van der Waals surface area contributed by atoms with Crippen molar-refractivity contribution in [3.05, 3.63) is 0 Å². The van der Waals surface area contributed by atoms with Gasteiger partial charge >= 0.3 is 0 Å². The summed E-state index contributed by atoms with van der Waals surface area (Å²) in [6.07, 6.45) is 3.01. The third-order valence-electron chi connectivity index (χ3n) is 2.50. The van der Waals surface area contributed by atoms with E-state index < -0.39 is 0 Å². The summed E-state index contributed by atoms with van der Waals surface area (Å²) in [5, 5.41) is 0. The van der Waals surface area contributed by atoms with Crippen LogP contribution in [0, 0.1) is 11.8 Å². The number of hydrogen-bond acceptors (Lipinski definition) is 1. The molecule has 2 aliphatic rings. The molecule has 0 aromatic carbocycles. The van der Waals surface area contributed by atoms with Crippen molar-refractivity contribution >= 4 is 0 Å². The minimum absolute atomic E-state index is 1.11. The summed E-state index contributed by atoms with van der Waals surface area (Å²) < 4.78 is 0. The minimum atomic E-state index is 1.11. The van der Waals surface area contributed by atoms with E-state index in [9.17, 15) is 0 Å². The van der Waals surface area contributed by atoms with Crippen LogP contribution in [0.2, 0.25) is 0 Å². The molecular formula is C7H13N. The van der Waals surface area contributed by atoms with E-state index >= 15 is 0 Å². The standard InChI is InChI=1S/C7H13N/c1-8-3-2-6-4-7(6)5-8/h6-7H,2-5H2,1H3/t6?,7-/m1/s1. The summed E-state index contributed by atoms with van der Waals surface area (Å²) >= 11 is 0. The van der Waals surface area contributed by atoms with Crippen molar-refractivity contribution in [1.82, 2.24) is 4.90 Å². The van der Waals surface area contributed by atoms with Gasteiger partial charge in [0.1, 0.15) is 0 Å². The van der Waals surface area contributed by atoms with Crippen LogP contribution in [0.3, 0.4) is 0 Å². The Morgan fingerprint density at radius 1 is 1.38 bits per heavy atom. The number of piperidine rings is 1. The molecular weight excluding hydrogens is 98.1 g/mol. The SMILES string of the molecule is CN1CCC2C[C@@H]2C1. The van der Waals surface area contributed by atoms with Crippen molar-refractivity contribution < 1.29 is 0 Å². The van der Waals surface area contributed by atoms with Gasteiger partial charge in [-0.05, 0) is 38.3 Å². The molecule has 46 valence electrons. The van der Waals surface area contributed by atoms with E-state index in [2.05, 4.69) is 11.9 Å². The van der Waals surface area contributed by atoms with Crippen molar-refractivity contribution in [2.24, 2.45) is 11.8 Å². The lowest BCUT2D eigenvalue weighted by molar-refractivity contribution is 0.266. The Bertz CT molecular complexity index is 101. The van der Waals surface area contributed by atoms with Crippen LogP contribution >= 0.6 is 0 Å². The molecule has 2 fully saturated rings. The molecule has 1 unspecified atom stereocenters. The molecule has 1 heterocycles. The lowest BCUT2D eigenvalue weighted by Crippen LogP contribution is -2.26. The Morgan fingerprint density at radius 3 is 2.88 bits per heavy atom. The van der Waals surface area contributed by atoms with Crippen molar-refractivity contribution in [2.75, 3.05) is 20.1 Å². The third kappa shape index (κ3) is 0.655. The Hall–Kier alpha value is -0.0400. The fraction of sp³-hybridized carbons (Fsp3) is 1.00. The maximum absolute atomic E-state index is 2.45. The van der Waals surface area contributed by atoms with Crippen LogP contribution in [0.25, 0.3) is 0 Å². The monoisotopic (exact) mass is 111 g/mol. The normalized spacial score (nSPS) is 46.1. The summed E-state index contributed by atoms with van der Waals surface area (Å²) in [5.74, 6) is 2.25. The molecule has 0 aromatic rings. The topological polar surface area (TPSA) is 3.24 Å². The van der Waals surface area contributed by atoms with Crippen molar-refractivity contribution in [2.45, 2.75) is 12.8 Å². The summed E-state index contributed by atoms with van der Waals surface area (Å²) in [7, 11) is 2.23. The number of rotatable bonds is 0. The average molecular weight is 111 g/mol. The van der Waals surface area contributed by atoms with Gasteiger partial charge in [0.2, 0.25) is 0 Å². The molecule has 0 aromatic heterocycles. The van der Waals surface area contributed by atoms with Crippen molar-refractivity contribution in [3.63, 3.8) is 0 Å². The Balaban J connectivity index is 1.93. The average Bonchev–Trinajstić information content (AvgIpc) is 2.43. The smallest absolute Gasteiger partial charge is 0.000937 e. The van der Waals surface area contributed by atoms with Gasteiger partial charge in [0.25, 0.3) is 0 Å². The first-order chi connectivity index (χ1) is 3.86. The largest absolute Gasteiger partial charge is 0.306 e. The number of nitrogens with zero attached hydrogens (tertiary/aromatic N) is 1. The zero-order valence-corrected chi connectivity index (χ0v) is 5.43. The molecule has 1 aliphatic heterocycles. The molecule has 0 N–H and O–H groups in total. The van der Waals surface area contributed by atoms with Crippen LogP contribution < -0.4 is 0 Å². The first-order valence-electron chi connectivity index (χ1n) is 3.55. The second kappa shape index (κ2) is 1.47. The van der Waals surface area contributed by atoms with Crippen LogP contribution in [0.1, 0.15) is 12.8 Å². The predicted molar refractivity (Wildman–Crippen MR) is 33.7 cm³/mol. The Labute approximate surface area is 50.7 Å². The lowest BCUT2D eigenvalue weighted by Gasteiger charge is -2.20. The van der Waals surface area contributed by atoms with E-state index in [0.717, 1.165) is 11.8 Å². The quantitative estimate of drug-likeness (QED) is 0.450. The molecule has 2 rings (SSSR count). The Morgan fingerprint density at radius 2 is 2.25 bits per heavy atom. The van der Waals surface area contributed by atoms with Crippen LogP contribution in [0.4, 0.5) is 0 Å². The van der Waals surface area contributed by atoms with Gasteiger partial charge in [0.05, 0.1) is 0 Å². The highest BCUT2D eigenvalue weighted by molar-refractivity contribution is 4.91. The zero-order valence-electron chi connectivity index (χ0n) is 5.43. The maximum atomic E-state index is 2.45. The second-order valence-electron chi connectivity index (χ2n) is 3.31. The second-order valence-corrected chi connectivity index (χ2v) is 3.31. The van der Waals surface area contributed by atoms with Gasteiger partial charge in [-0.2, -0.15) is 0 Å². The molecule has 1 saturated carbocycles. The van der Waals surface area contributed by atoms with Crippen molar-refractivity contribution in [3.8, 4) is 0 Å². The van der Waals surface area contributed by atoms with E-state index in [0.29, 0.717) is 0 Å². The maximum Gasteiger partial charge on any atom is 0.000937 e. The molecule has 0 radical (unpaired) electrons. The molecule has 0 bridgehead atoms. The van der Waals surface area contributed by atoms with Gasteiger partial charge in [-0.15, -0.1) is 0 Å². The van der Waals surface area contributed by atoms with E-state index in [-0.39, 0.29) is 0 Å². The fourth-order valence-corrected chi connectivity index (χ4v) is 1.77. The highest BCUT2D eigenvalue weighted by Gasteiger charge is 2.40. The van der Waals surface area contributed by atoms with Gasteiger partial charge in [-0.3, -0.25) is 0 Å². The fourth-order valence-electron chi connectivity index (χ4n) is 1.77. The van der Waals surface area contributed by atoms with Gasteiger partial charge in [0, 0.05) is 6.54 Å². The van der Waals surface area contributed by atoms with Crippen LogP contribution in [0.15, 0.2) is 0 Å². The number of likely N-dealkylation sites (tertiary alicyclic amines) is 1. The first kappa shape index (κ1) is 4.80. The van der Waals surface area contributed by atoms with Gasteiger partial charge in [-0.1, -0.05) is 0 Å². The number of fused-ring (bicyclic) bond motifs is 1. The van der Waals surface area contributed by atoms with Crippen LogP contribution in [-0.4, -0.2) is 25.0 Å². The summed E-state index contributed by atoms with van der Waals surface area (Å²) in [4.78, 5) is 2.45. The molecule has 1 heteroatoms. The molecule has 1 aliphatic carbocycles. The van der Waals surface area contributed by atoms with Crippen molar-refractivity contribution in [1.29, 1.82) is 0 Å². The van der Waals surface area contributed by atoms with E-state index in [1.54, 1.807) is 0 Å². The highest BCUT2D eigenvalue weighted by atomic mass is 15.1. The van der Waals surface area contributed by atoms with Gasteiger partial charge in [-0.25, -0.2) is 0 Å². The van der Waals surface area contributed by atoms with Gasteiger partial charge in [0.15, 0.2) is 0 Å². The van der Waals surface area contributed by atoms with E-state index in [1.807, 2.05) is 0 Å².